The van der Waals surface area contributed by atoms with Crippen LogP contribution < -0.4 is 5.32 Å². The quantitative estimate of drug-likeness (QED) is 0.873. The van der Waals surface area contributed by atoms with E-state index in [1.54, 1.807) is 36.4 Å². The molecule has 0 aliphatic heterocycles. The van der Waals surface area contributed by atoms with Crippen molar-refractivity contribution in [3.05, 3.63) is 69.7 Å². The zero-order valence-electron chi connectivity index (χ0n) is 11.0. The highest BCUT2D eigenvalue weighted by Gasteiger charge is 2.11. The van der Waals surface area contributed by atoms with E-state index in [9.17, 15) is 9.59 Å². The Morgan fingerprint density at radius 1 is 1.10 bits per heavy atom. The number of hydrogen-bond donors (Lipinski definition) is 1. The number of hydrogen-bond acceptors (Lipinski definition) is 2. The number of aryl methyl sites for hydroxylation is 1. The van der Waals surface area contributed by atoms with Gasteiger partial charge in [0.05, 0.1) is 6.54 Å². The van der Waals surface area contributed by atoms with Crippen LogP contribution in [0, 0.1) is 6.92 Å². The lowest BCUT2D eigenvalue weighted by Gasteiger charge is -2.07. The summed E-state index contributed by atoms with van der Waals surface area (Å²) in [4.78, 5) is 23.9. The number of Topliss-reactive ketones (excluding diaryl/α,β-unsaturated/α-hetero) is 1. The molecule has 4 heteroatoms. The first-order chi connectivity index (χ1) is 9.58. The van der Waals surface area contributed by atoms with Gasteiger partial charge < -0.3 is 5.32 Å². The van der Waals surface area contributed by atoms with Crippen molar-refractivity contribution in [3.63, 3.8) is 0 Å². The maximum Gasteiger partial charge on any atom is 0.251 e. The van der Waals surface area contributed by atoms with Gasteiger partial charge in [0.1, 0.15) is 0 Å². The van der Waals surface area contributed by atoms with Gasteiger partial charge in [0.2, 0.25) is 0 Å². The van der Waals surface area contributed by atoms with Crippen LogP contribution >= 0.6 is 15.9 Å². The van der Waals surface area contributed by atoms with Gasteiger partial charge >= 0.3 is 0 Å². The molecule has 0 aliphatic carbocycles. The molecule has 2 rings (SSSR count). The molecule has 0 spiro atoms. The molecule has 2 aromatic rings. The summed E-state index contributed by atoms with van der Waals surface area (Å²) in [5.41, 5.74) is 2.04. The van der Waals surface area contributed by atoms with E-state index in [1.807, 2.05) is 19.1 Å². The average molecular weight is 332 g/mol. The van der Waals surface area contributed by atoms with Crippen LogP contribution in [0.5, 0.6) is 0 Å². The van der Waals surface area contributed by atoms with Gasteiger partial charge in [0.25, 0.3) is 5.91 Å². The smallest absolute Gasteiger partial charge is 0.251 e. The van der Waals surface area contributed by atoms with Crippen molar-refractivity contribution >= 4 is 27.6 Å². The molecule has 0 bridgehead atoms. The van der Waals surface area contributed by atoms with Crippen molar-refractivity contribution in [1.82, 2.24) is 5.32 Å². The van der Waals surface area contributed by atoms with E-state index >= 15 is 0 Å². The normalized spacial score (nSPS) is 10.1. The monoisotopic (exact) mass is 331 g/mol. The Morgan fingerprint density at radius 2 is 1.80 bits per heavy atom. The molecule has 1 amide bonds. The van der Waals surface area contributed by atoms with Crippen molar-refractivity contribution in [1.29, 1.82) is 0 Å². The third-order valence-corrected chi connectivity index (χ3v) is 3.43. The molecule has 0 radical (unpaired) electrons. The number of rotatable bonds is 4. The van der Waals surface area contributed by atoms with Crippen molar-refractivity contribution in [3.8, 4) is 0 Å². The highest BCUT2D eigenvalue weighted by Crippen LogP contribution is 2.15. The summed E-state index contributed by atoms with van der Waals surface area (Å²) in [6, 6.07) is 14.3. The summed E-state index contributed by atoms with van der Waals surface area (Å²) < 4.78 is 0.923. The second-order valence-electron chi connectivity index (χ2n) is 4.43. The largest absolute Gasteiger partial charge is 0.345 e. The van der Waals surface area contributed by atoms with Gasteiger partial charge in [-0.05, 0) is 30.7 Å². The fourth-order valence-electron chi connectivity index (χ4n) is 1.86. The number of benzene rings is 2. The van der Waals surface area contributed by atoms with Crippen LogP contribution in [0.4, 0.5) is 0 Å². The predicted molar refractivity (Wildman–Crippen MR) is 82.0 cm³/mol. The molecule has 0 fully saturated rings. The lowest BCUT2D eigenvalue weighted by molar-refractivity contribution is 0.0903. The van der Waals surface area contributed by atoms with Crippen molar-refractivity contribution in [2.24, 2.45) is 0 Å². The molecule has 0 aliphatic rings. The zero-order chi connectivity index (χ0) is 14.5. The second kappa shape index (κ2) is 6.48. The number of ketones is 1. The first-order valence-electron chi connectivity index (χ1n) is 6.20. The zero-order valence-corrected chi connectivity index (χ0v) is 12.6. The Hall–Kier alpha value is -1.94. The van der Waals surface area contributed by atoms with Crippen LogP contribution in [0.2, 0.25) is 0 Å². The van der Waals surface area contributed by atoms with Crippen LogP contribution in [-0.4, -0.2) is 18.2 Å². The Bertz CT molecular complexity index is 638. The minimum atomic E-state index is -0.237. The van der Waals surface area contributed by atoms with Gasteiger partial charge in [-0.25, -0.2) is 0 Å². The van der Waals surface area contributed by atoms with E-state index in [1.165, 1.54) is 0 Å². The maximum absolute atomic E-state index is 12.0. The fraction of sp³-hybridized carbons (Fsp3) is 0.125. The lowest BCUT2D eigenvalue weighted by atomic mass is 10.1. The van der Waals surface area contributed by atoms with Gasteiger partial charge in [-0.15, -0.1) is 0 Å². The van der Waals surface area contributed by atoms with Gasteiger partial charge in [-0.2, -0.15) is 0 Å². The molecule has 0 saturated heterocycles. The van der Waals surface area contributed by atoms with Crippen LogP contribution in [-0.2, 0) is 0 Å². The van der Waals surface area contributed by atoms with Gasteiger partial charge in [-0.3, -0.25) is 9.59 Å². The highest BCUT2D eigenvalue weighted by molar-refractivity contribution is 9.10. The molecule has 3 nitrogen and oxygen atoms in total. The third-order valence-electron chi connectivity index (χ3n) is 2.94. The molecule has 0 aromatic heterocycles. The molecule has 20 heavy (non-hydrogen) atoms. The van der Waals surface area contributed by atoms with E-state index in [2.05, 4.69) is 21.2 Å². The topological polar surface area (TPSA) is 46.2 Å². The standard InChI is InChI=1S/C16H14BrNO2/c1-11-9-13(17)7-8-14(11)16(20)18-10-15(19)12-5-3-2-4-6-12/h2-9H,10H2,1H3,(H,18,20). The van der Waals surface area contributed by atoms with Crippen LogP contribution in [0.1, 0.15) is 26.3 Å². The Labute approximate surface area is 126 Å². The molecule has 0 saturated carbocycles. The molecule has 102 valence electrons. The number of amides is 1. The molecule has 2 aromatic carbocycles. The second-order valence-corrected chi connectivity index (χ2v) is 5.35. The summed E-state index contributed by atoms with van der Waals surface area (Å²) in [6.45, 7) is 1.86. The van der Waals surface area contributed by atoms with E-state index in [4.69, 9.17) is 0 Å². The van der Waals surface area contributed by atoms with Gasteiger partial charge in [0, 0.05) is 15.6 Å². The summed E-state index contributed by atoms with van der Waals surface area (Å²) >= 11 is 3.35. The maximum atomic E-state index is 12.0. The molecule has 1 N–H and O–H groups in total. The van der Waals surface area contributed by atoms with Crippen LogP contribution in [0.25, 0.3) is 0 Å². The minimum Gasteiger partial charge on any atom is -0.345 e. The van der Waals surface area contributed by atoms with Crippen molar-refractivity contribution in [2.75, 3.05) is 6.54 Å². The van der Waals surface area contributed by atoms with E-state index in [0.717, 1.165) is 10.0 Å². The highest BCUT2D eigenvalue weighted by atomic mass is 79.9. The first kappa shape index (κ1) is 14.5. The molecule has 0 heterocycles. The van der Waals surface area contributed by atoms with Gasteiger partial charge in [0.15, 0.2) is 5.78 Å². The summed E-state index contributed by atoms with van der Waals surface area (Å²) in [5, 5.41) is 2.65. The predicted octanol–water partition coefficient (Wildman–Crippen LogP) is 3.37. The first-order valence-corrected chi connectivity index (χ1v) is 7.00. The average Bonchev–Trinajstić information content (AvgIpc) is 2.45. The van der Waals surface area contributed by atoms with Gasteiger partial charge in [-0.1, -0.05) is 46.3 Å². The number of carbonyl (C=O) groups is 2. The van der Waals surface area contributed by atoms with E-state index < -0.39 is 0 Å². The Kier molecular flexibility index (Phi) is 4.69. The molecule has 0 unspecified atom stereocenters. The number of carbonyl (C=O) groups excluding carboxylic acids is 2. The SMILES string of the molecule is Cc1cc(Br)ccc1C(=O)NCC(=O)c1ccccc1. The summed E-state index contributed by atoms with van der Waals surface area (Å²) in [6.07, 6.45) is 0. The van der Waals surface area contributed by atoms with Crippen LogP contribution in [0.15, 0.2) is 53.0 Å². The molecular weight excluding hydrogens is 318 g/mol. The fourth-order valence-corrected chi connectivity index (χ4v) is 2.34. The number of halogens is 1. The lowest BCUT2D eigenvalue weighted by Crippen LogP contribution is -2.30. The molecular formula is C16H14BrNO2. The Morgan fingerprint density at radius 3 is 2.45 bits per heavy atom. The van der Waals surface area contributed by atoms with Crippen molar-refractivity contribution < 1.29 is 9.59 Å². The van der Waals surface area contributed by atoms with E-state index in [0.29, 0.717) is 11.1 Å². The third kappa shape index (κ3) is 3.54. The number of nitrogens with one attached hydrogen (secondary N) is 1. The van der Waals surface area contributed by atoms with Crippen molar-refractivity contribution in [2.45, 2.75) is 6.92 Å². The molecule has 0 atom stereocenters. The Balaban J connectivity index is 2.00. The van der Waals surface area contributed by atoms with Crippen LogP contribution in [0.3, 0.4) is 0 Å². The van der Waals surface area contributed by atoms with E-state index in [-0.39, 0.29) is 18.2 Å². The summed E-state index contributed by atoms with van der Waals surface area (Å²) in [7, 11) is 0. The minimum absolute atomic E-state index is 0.00164. The summed E-state index contributed by atoms with van der Waals surface area (Å²) in [5.74, 6) is -0.340.